The maximum Gasteiger partial charge on any atom is 0.164 e. The summed E-state index contributed by atoms with van der Waals surface area (Å²) >= 11 is 0. The summed E-state index contributed by atoms with van der Waals surface area (Å²) in [4.78, 5) is 0. The van der Waals surface area contributed by atoms with Crippen LogP contribution in [0.5, 0.6) is 0 Å². The monoisotopic (exact) mass is 242 g/mol. The molecule has 0 aliphatic heterocycles. The van der Waals surface area contributed by atoms with Crippen molar-refractivity contribution in [3.05, 3.63) is 30.1 Å². The number of benzene rings is 1. The van der Waals surface area contributed by atoms with Crippen LogP contribution in [-0.4, -0.2) is 14.8 Å². The van der Waals surface area contributed by atoms with Crippen LogP contribution in [0.1, 0.15) is 37.3 Å². The van der Waals surface area contributed by atoms with Gasteiger partial charge in [0, 0.05) is 17.3 Å². The van der Waals surface area contributed by atoms with Crippen LogP contribution in [0.4, 0.5) is 5.69 Å². The van der Waals surface area contributed by atoms with Crippen LogP contribution in [0.15, 0.2) is 24.5 Å². The molecule has 2 aromatic rings. The average molecular weight is 242 g/mol. The van der Waals surface area contributed by atoms with Gasteiger partial charge in [-0.3, -0.25) is 0 Å². The largest absolute Gasteiger partial charge is 0.398 e. The quantitative estimate of drug-likeness (QED) is 0.824. The number of aryl methyl sites for hydroxylation is 1. The third kappa shape index (κ3) is 1.88. The van der Waals surface area contributed by atoms with Crippen LogP contribution in [0.25, 0.3) is 11.4 Å². The third-order valence-corrected chi connectivity index (χ3v) is 3.83. The molecule has 4 heteroatoms. The van der Waals surface area contributed by atoms with Gasteiger partial charge in [-0.2, -0.15) is 0 Å². The zero-order valence-corrected chi connectivity index (χ0v) is 10.6. The van der Waals surface area contributed by atoms with Gasteiger partial charge in [-0.15, -0.1) is 10.2 Å². The van der Waals surface area contributed by atoms with Crippen LogP contribution < -0.4 is 5.73 Å². The Bertz CT molecular complexity index is 553. The Balaban J connectivity index is 2.00. The fraction of sp³-hybridized carbons (Fsp3) is 0.429. The van der Waals surface area contributed by atoms with Gasteiger partial charge in [-0.25, -0.2) is 0 Å². The van der Waals surface area contributed by atoms with Crippen LogP contribution in [0.3, 0.4) is 0 Å². The Morgan fingerprint density at radius 3 is 2.78 bits per heavy atom. The number of anilines is 1. The summed E-state index contributed by atoms with van der Waals surface area (Å²) in [5, 5.41) is 8.33. The molecule has 0 amide bonds. The van der Waals surface area contributed by atoms with Crippen LogP contribution in [0, 0.1) is 6.92 Å². The summed E-state index contributed by atoms with van der Waals surface area (Å²) in [5.74, 6) is 0.939. The Labute approximate surface area is 107 Å². The molecule has 1 heterocycles. The molecule has 1 aliphatic carbocycles. The van der Waals surface area contributed by atoms with Crippen molar-refractivity contribution in [1.82, 2.24) is 14.8 Å². The first-order chi connectivity index (χ1) is 8.75. The lowest BCUT2D eigenvalue weighted by Crippen LogP contribution is -2.05. The first kappa shape index (κ1) is 11.3. The smallest absolute Gasteiger partial charge is 0.164 e. The number of hydrogen-bond acceptors (Lipinski definition) is 3. The van der Waals surface area contributed by atoms with Gasteiger partial charge >= 0.3 is 0 Å². The summed E-state index contributed by atoms with van der Waals surface area (Å²) in [7, 11) is 0. The van der Waals surface area contributed by atoms with Crippen LogP contribution >= 0.6 is 0 Å². The lowest BCUT2D eigenvalue weighted by atomic mass is 10.1. The number of nitrogen functional groups attached to an aromatic ring is 1. The molecule has 18 heavy (non-hydrogen) atoms. The Morgan fingerprint density at radius 1 is 1.28 bits per heavy atom. The summed E-state index contributed by atoms with van der Waals surface area (Å²) in [6, 6.07) is 6.65. The van der Waals surface area contributed by atoms with Gasteiger partial charge in [0.05, 0.1) is 0 Å². The van der Waals surface area contributed by atoms with Crippen molar-refractivity contribution in [2.24, 2.45) is 0 Å². The van der Waals surface area contributed by atoms with Gasteiger partial charge < -0.3 is 10.3 Å². The molecule has 0 saturated heterocycles. The fourth-order valence-corrected chi connectivity index (χ4v) is 2.68. The maximum absolute atomic E-state index is 5.97. The molecule has 1 aromatic carbocycles. The summed E-state index contributed by atoms with van der Waals surface area (Å²) < 4.78 is 2.21. The molecule has 1 saturated carbocycles. The zero-order chi connectivity index (χ0) is 12.5. The van der Waals surface area contributed by atoms with Crippen LogP contribution in [-0.2, 0) is 0 Å². The third-order valence-electron chi connectivity index (χ3n) is 3.83. The molecule has 94 valence electrons. The molecule has 3 rings (SSSR count). The summed E-state index contributed by atoms with van der Waals surface area (Å²) in [6.45, 7) is 2.01. The minimum absolute atomic E-state index is 0.553. The predicted molar refractivity (Wildman–Crippen MR) is 72.1 cm³/mol. The Kier molecular flexibility index (Phi) is 2.78. The van der Waals surface area contributed by atoms with Gasteiger partial charge in [0.1, 0.15) is 6.33 Å². The SMILES string of the molecule is Cc1ccc(-c2nncn2C2CCCC2)cc1N. The van der Waals surface area contributed by atoms with E-state index >= 15 is 0 Å². The van der Waals surface area contributed by atoms with E-state index in [2.05, 4.69) is 20.8 Å². The second-order valence-electron chi connectivity index (χ2n) is 5.07. The summed E-state index contributed by atoms with van der Waals surface area (Å²) in [5.41, 5.74) is 8.95. The number of rotatable bonds is 2. The first-order valence-corrected chi connectivity index (χ1v) is 6.52. The van der Waals surface area contributed by atoms with Crippen molar-refractivity contribution < 1.29 is 0 Å². The van der Waals surface area contributed by atoms with Gasteiger partial charge in [-0.1, -0.05) is 25.0 Å². The molecular weight excluding hydrogens is 224 g/mol. The van der Waals surface area contributed by atoms with Crippen molar-refractivity contribution in [2.45, 2.75) is 38.6 Å². The van der Waals surface area contributed by atoms with Gasteiger partial charge in [0.25, 0.3) is 0 Å². The maximum atomic E-state index is 5.97. The molecule has 0 atom stereocenters. The summed E-state index contributed by atoms with van der Waals surface area (Å²) in [6.07, 6.45) is 6.91. The molecule has 0 radical (unpaired) electrons. The minimum Gasteiger partial charge on any atom is -0.398 e. The molecule has 1 fully saturated rings. The lowest BCUT2D eigenvalue weighted by molar-refractivity contribution is 0.522. The molecule has 2 N–H and O–H groups in total. The lowest BCUT2D eigenvalue weighted by Gasteiger charge is -2.14. The predicted octanol–water partition coefficient (Wildman–Crippen LogP) is 2.95. The second-order valence-corrected chi connectivity index (χ2v) is 5.07. The normalized spacial score (nSPS) is 16.3. The Morgan fingerprint density at radius 2 is 2.06 bits per heavy atom. The van der Waals surface area contributed by atoms with Gasteiger partial charge in [0.15, 0.2) is 5.82 Å². The highest BCUT2D eigenvalue weighted by atomic mass is 15.3. The first-order valence-electron chi connectivity index (χ1n) is 6.52. The van der Waals surface area contributed by atoms with E-state index in [9.17, 15) is 0 Å². The number of nitrogens with two attached hydrogens (primary N) is 1. The van der Waals surface area contributed by atoms with Crippen LogP contribution in [0.2, 0.25) is 0 Å². The van der Waals surface area contributed by atoms with E-state index in [0.29, 0.717) is 6.04 Å². The van der Waals surface area contributed by atoms with Crippen molar-refractivity contribution in [3.8, 4) is 11.4 Å². The molecule has 0 spiro atoms. The van der Waals surface area contributed by atoms with E-state index in [1.165, 1.54) is 25.7 Å². The second kappa shape index (κ2) is 4.44. The number of nitrogens with zero attached hydrogens (tertiary/aromatic N) is 3. The molecule has 1 aliphatic rings. The average Bonchev–Trinajstić information content (AvgIpc) is 3.00. The van der Waals surface area contributed by atoms with Gasteiger partial charge in [-0.05, 0) is 31.4 Å². The van der Waals surface area contributed by atoms with E-state index in [1.54, 1.807) is 0 Å². The van der Waals surface area contributed by atoms with Crippen molar-refractivity contribution in [3.63, 3.8) is 0 Å². The van der Waals surface area contributed by atoms with E-state index in [4.69, 9.17) is 5.73 Å². The van der Waals surface area contributed by atoms with Crippen molar-refractivity contribution in [1.29, 1.82) is 0 Å². The minimum atomic E-state index is 0.553. The molecule has 0 unspecified atom stereocenters. The Hall–Kier alpha value is -1.84. The highest BCUT2D eigenvalue weighted by Gasteiger charge is 2.20. The van der Waals surface area contributed by atoms with Crippen molar-refractivity contribution in [2.75, 3.05) is 5.73 Å². The zero-order valence-electron chi connectivity index (χ0n) is 10.6. The fourth-order valence-electron chi connectivity index (χ4n) is 2.68. The van der Waals surface area contributed by atoms with E-state index in [1.807, 2.05) is 25.4 Å². The van der Waals surface area contributed by atoms with Gasteiger partial charge in [0.2, 0.25) is 0 Å². The van der Waals surface area contributed by atoms with E-state index < -0.39 is 0 Å². The molecular formula is C14H18N4. The standard InChI is InChI=1S/C14H18N4/c1-10-6-7-11(8-13(10)15)14-17-16-9-18(14)12-4-2-3-5-12/h6-9,12H,2-5,15H2,1H3. The highest BCUT2D eigenvalue weighted by molar-refractivity contribution is 5.63. The molecule has 1 aromatic heterocycles. The topological polar surface area (TPSA) is 56.7 Å². The van der Waals surface area contributed by atoms with E-state index in [-0.39, 0.29) is 0 Å². The highest BCUT2D eigenvalue weighted by Crippen LogP contribution is 2.33. The number of aromatic nitrogens is 3. The van der Waals surface area contributed by atoms with Crippen molar-refractivity contribution >= 4 is 5.69 Å². The molecule has 0 bridgehead atoms. The number of hydrogen-bond donors (Lipinski definition) is 1. The molecule has 4 nitrogen and oxygen atoms in total. The van der Waals surface area contributed by atoms with E-state index in [0.717, 1.165) is 22.6 Å².